The van der Waals surface area contributed by atoms with E-state index in [2.05, 4.69) is 10.2 Å². The number of methoxy groups -OCH3 is 2. The van der Waals surface area contributed by atoms with Crippen LogP contribution in [0.4, 0.5) is 0 Å². The zero-order valence-electron chi connectivity index (χ0n) is 19.2. The second-order valence-electron chi connectivity index (χ2n) is 8.15. The summed E-state index contributed by atoms with van der Waals surface area (Å²) in [6, 6.07) is 17.7. The molecule has 0 bridgehead atoms. The number of carbonyl (C=O) groups excluding carboxylic acids is 2. The van der Waals surface area contributed by atoms with E-state index in [9.17, 15) is 19.8 Å². The van der Waals surface area contributed by atoms with Crippen molar-refractivity contribution in [3.63, 3.8) is 0 Å². The number of aliphatic hydroxyl groups is 2. The number of rotatable bonds is 4. The van der Waals surface area contributed by atoms with Crippen LogP contribution in [0, 0.1) is 0 Å². The van der Waals surface area contributed by atoms with Gasteiger partial charge in [-0.15, -0.1) is 0 Å². The minimum Gasteiger partial charge on any atom is -0.464 e. The molecule has 0 fully saturated rings. The molecule has 10 heteroatoms. The van der Waals surface area contributed by atoms with Gasteiger partial charge in [0.2, 0.25) is 0 Å². The summed E-state index contributed by atoms with van der Waals surface area (Å²) in [6.07, 6.45) is -1.49. The van der Waals surface area contributed by atoms with Gasteiger partial charge in [-0.25, -0.2) is 19.0 Å². The van der Waals surface area contributed by atoms with Crippen LogP contribution >= 0.6 is 0 Å². The molecule has 1 aliphatic rings. The van der Waals surface area contributed by atoms with Crippen molar-refractivity contribution in [2.24, 2.45) is 0 Å². The van der Waals surface area contributed by atoms with Gasteiger partial charge >= 0.3 is 11.9 Å². The summed E-state index contributed by atoms with van der Waals surface area (Å²) in [6.45, 7) is 1.45. The molecule has 10 nitrogen and oxygen atoms in total. The number of benzene rings is 2. The number of aliphatic hydroxyl groups excluding tert-OH is 1. The van der Waals surface area contributed by atoms with Crippen LogP contribution in [0.15, 0.2) is 60.7 Å². The first-order valence-electron chi connectivity index (χ1n) is 10.8. The maximum Gasteiger partial charge on any atom is 0.359 e. The number of aromatic nitrogens is 4. The molecule has 0 aliphatic carbocycles. The molecule has 0 saturated carbocycles. The minimum absolute atomic E-state index is 0.0757. The number of ether oxygens (including phenoxy) is 2. The summed E-state index contributed by atoms with van der Waals surface area (Å²) in [4.78, 5) is 25.4. The molecule has 2 aromatic heterocycles. The monoisotopic (exact) mass is 474 g/mol. The van der Waals surface area contributed by atoms with E-state index < -0.39 is 23.9 Å². The number of nitrogens with zero attached hydrogens (tertiary/aromatic N) is 4. The second kappa shape index (κ2) is 8.19. The maximum absolute atomic E-state index is 12.7. The Bertz CT molecular complexity index is 1430. The van der Waals surface area contributed by atoms with E-state index in [1.54, 1.807) is 48.5 Å². The molecular weight excluding hydrogens is 452 g/mol. The number of carbonyl (C=O) groups is 2. The first-order chi connectivity index (χ1) is 16.8. The molecule has 4 aromatic rings. The van der Waals surface area contributed by atoms with Gasteiger partial charge in [0.05, 0.1) is 14.2 Å². The van der Waals surface area contributed by atoms with Crippen molar-refractivity contribution < 1.29 is 29.3 Å². The predicted octanol–water partition coefficient (Wildman–Crippen LogP) is 2.55. The van der Waals surface area contributed by atoms with Crippen LogP contribution in [0.25, 0.3) is 22.3 Å². The largest absolute Gasteiger partial charge is 0.464 e. The Labute approximate surface area is 200 Å². The van der Waals surface area contributed by atoms with Crippen molar-refractivity contribution in [1.82, 2.24) is 19.6 Å². The van der Waals surface area contributed by atoms with Gasteiger partial charge in [-0.3, -0.25) is 0 Å². The third-order valence-corrected chi connectivity index (χ3v) is 6.05. The van der Waals surface area contributed by atoms with Gasteiger partial charge < -0.3 is 19.7 Å². The van der Waals surface area contributed by atoms with Gasteiger partial charge in [-0.2, -0.15) is 10.2 Å². The van der Waals surface area contributed by atoms with E-state index in [0.29, 0.717) is 11.1 Å². The van der Waals surface area contributed by atoms with Gasteiger partial charge in [0.15, 0.2) is 23.3 Å². The zero-order valence-corrected chi connectivity index (χ0v) is 19.2. The van der Waals surface area contributed by atoms with E-state index in [-0.39, 0.29) is 33.9 Å². The van der Waals surface area contributed by atoms with Crippen LogP contribution in [0.2, 0.25) is 0 Å². The van der Waals surface area contributed by atoms with Gasteiger partial charge in [0.25, 0.3) is 0 Å². The summed E-state index contributed by atoms with van der Waals surface area (Å²) in [7, 11) is 2.45. The second-order valence-corrected chi connectivity index (χ2v) is 8.15. The molecule has 5 rings (SSSR count). The number of hydrogen-bond donors (Lipinski definition) is 2. The van der Waals surface area contributed by atoms with Crippen molar-refractivity contribution in [3.05, 3.63) is 83.4 Å². The highest BCUT2D eigenvalue weighted by atomic mass is 16.5. The molecule has 0 saturated heterocycles. The third kappa shape index (κ3) is 3.26. The van der Waals surface area contributed by atoms with Crippen molar-refractivity contribution in [2.75, 3.05) is 14.2 Å². The normalized spacial score (nSPS) is 18.5. The highest BCUT2D eigenvalue weighted by molar-refractivity contribution is 5.98. The van der Waals surface area contributed by atoms with Crippen LogP contribution in [0.5, 0.6) is 0 Å². The molecular formula is C25H22N4O6. The predicted molar refractivity (Wildman–Crippen MR) is 123 cm³/mol. The van der Waals surface area contributed by atoms with E-state index in [0.717, 1.165) is 0 Å². The molecule has 0 amide bonds. The fourth-order valence-corrected chi connectivity index (χ4v) is 4.53. The molecule has 0 radical (unpaired) electrons. The highest BCUT2D eigenvalue weighted by Crippen LogP contribution is 2.45. The maximum atomic E-state index is 12.7. The van der Waals surface area contributed by atoms with E-state index in [1.165, 1.54) is 30.5 Å². The number of hydrogen-bond acceptors (Lipinski definition) is 8. The SMILES string of the molecule is COC(=O)c1nn2c(c1-c1ccccc1)[C@@](C)(O)n1nc(C(=O)OC)c(-c3ccccc3)c1C2O. The molecule has 2 atom stereocenters. The number of fused-ring (bicyclic) bond motifs is 2. The quantitative estimate of drug-likeness (QED) is 0.432. The molecule has 3 heterocycles. The lowest BCUT2D eigenvalue weighted by Crippen LogP contribution is -2.43. The highest BCUT2D eigenvalue weighted by Gasteiger charge is 2.48. The first-order valence-corrected chi connectivity index (χ1v) is 10.8. The summed E-state index contributed by atoms with van der Waals surface area (Å²) >= 11 is 0. The van der Waals surface area contributed by atoms with Gasteiger partial charge in [0.1, 0.15) is 11.4 Å². The molecule has 2 aromatic carbocycles. The molecule has 178 valence electrons. The Morgan fingerprint density at radius 3 is 1.86 bits per heavy atom. The van der Waals surface area contributed by atoms with Gasteiger partial charge in [0, 0.05) is 11.1 Å². The molecule has 1 unspecified atom stereocenters. The van der Waals surface area contributed by atoms with Gasteiger partial charge in [-0.1, -0.05) is 60.7 Å². The molecule has 1 aliphatic heterocycles. The van der Waals surface area contributed by atoms with Crippen molar-refractivity contribution in [2.45, 2.75) is 18.9 Å². The topological polar surface area (TPSA) is 129 Å². The Morgan fingerprint density at radius 1 is 0.857 bits per heavy atom. The summed E-state index contributed by atoms with van der Waals surface area (Å²) in [5.74, 6) is -1.46. The Balaban J connectivity index is 1.85. The Hall–Kier alpha value is -4.28. The van der Waals surface area contributed by atoms with Crippen molar-refractivity contribution in [3.8, 4) is 22.3 Å². The fraction of sp³-hybridized carbons (Fsp3) is 0.200. The standard InChI is InChI=1S/C25H22N4O6/c1-25(33)21-17(15-12-8-5-9-13-15)19(24(32)35-3)26-28(21)22(30)20-16(14-10-6-4-7-11-14)18(23(31)34-2)27-29(20)25/h4-13,22,30,33H,1-3H3/t22?,25-/m1/s1. The third-order valence-electron chi connectivity index (χ3n) is 6.05. The zero-order chi connectivity index (χ0) is 24.9. The Morgan fingerprint density at radius 2 is 1.34 bits per heavy atom. The smallest absolute Gasteiger partial charge is 0.359 e. The lowest BCUT2D eigenvalue weighted by Gasteiger charge is -2.35. The van der Waals surface area contributed by atoms with E-state index >= 15 is 0 Å². The average molecular weight is 474 g/mol. The van der Waals surface area contributed by atoms with Crippen molar-refractivity contribution >= 4 is 11.9 Å². The van der Waals surface area contributed by atoms with Crippen LogP contribution in [-0.2, 0) is 15.2 Å². The van der Waals surface area contributed by atoms with E-state index in [4.69, 9.17) is 9.47 Å². The lowest BCUT2D eigenvalue weighted by atomic mass is 9.95. The van der Waals surface area contributed by atoms with Gasteiger partial charge in [-0.05, 0) is 18.1 Å². The Kier molecular flexibility index (Phi) is 5.27. The minimum atomic E-state index is -1.92. The van der Waals surface area contributed by atoms with E-state index in [1.807, 2.05) is 12.1 Å². The average Bonchev–Trinajstić information content (AvgIpc) is 3.49. The lowest BCUT2D eigenvalue weighted by molar-refractivity contribution is -0.0350. The summed E-state index contributed by atoms with van der Waals surface area (Å²) in [5.41, 5.74) is -0.119. The van der Waals surface area contributed by atoms with Crippen molar-refractivity contribution in [1.29, 1.82) is 0 Å². The summed E-state index contributed by atoms with van der Waals surface area (Å²) in [5, 5.41) is 32.1. The van der Waals surface area contributed by atoms with Crippen LogP contribution in [0.1, 0.15) is 45.5 Å². The van der Waals surface area contributed by atoms with Crippen LogP contribution in [0.3, 0.4) is 0 Å². The van der Waals surface area contributed by atoms with Crippen LogP contribution < -0.4 is 0 Å². The first kappa shape index (κ1) is 22.5. The van der Waals surface area contributed by atoms with Crippen LogP contribution in [-0.4, -0.2) is 55.9 Å². The molecule has 2 N–H and O–H groups in total. The molecule has 0 spiro atoms. The fourth-order valence-electron chi connectivity index (χ4n) is 4.53. The molecule has 35 heavy (non-hydrogen) atoms. The summed E-state index contributed by atoms with van der Waals surface area (Å²) < 4.78 is 12.2. The number of esters is 2.